The van der Waals surface area contributed by atoms with Gasteiger partial charge in [-0.15, -0.1) is 0 Å². The number of aliphatic hydroxyl groups is 1. The fraction of sp³-hybridized carbons (Fsp3) is 0.200. The van der Waals surface area contributed by atoms with Crippen LogP contribution in [-0.4, -0.2) is 16.8 Å². The van der Waals surface area contributed by atoms with Crippen LogP contribution < -0.4 is 4.90 Å². The summed E-state index contributed by atoms with van der Waals surface area (Å²) < 4.78 is 5.80. The van der Waals surface area contributed by atoms with Crippen molar-refractivity contribution in [1.82, 2.24) is 0 Å². The highest BCUT2D eigenvalue weighted by molar-refractivity contribution is 6.51. The minimum Gasteiger partial charge on any atom is -0.507 e. The van der Waals surface area contributed by atoms with Crippen molar-refractivity contribution in [3.63, 3.8) is 0 Å². The van der Waals surface area contributed by atoms with Gasteiger partial charge >= 0.3 is 0 Å². The van der Waals surface area contributed by atoms with Gasteiger partial charge in [0, 0.05) is 16.3 Å². The number of aryl methyl sites for hydroxylation is 3. The Morgan fingerprint density at radius 3 is 2.35 bits per heavy atom. The largest absolute Gasteiger partial charge is 0.507 e. The number of halogens is 1. The lowest BCUT2D eigenvalue weighted by atomic mass is 9.98. The second kappa shape index (κ2) is 8.08. The van der Waals surface area contributed by atoms with Crippen LogP contribution in [0.25, 0.3) is 5.76 Å². The number of hydrogen-bond acceptors (Lipinski definition) is 4. The van der Waals surface area contributed by atoms with Gasteiger partial charge in [0.2, 0.25) is 0 Å². The Labute approximate surface area is 185 Å². The highest BCUT2D eigenvalue weighted by atomic mass is 35.5. The summed E-state index contributed by atoms with van der Waals surface area (Å²) in [7, 11) is 0. The fourth-order valence-corrected chi connectivity index (χ4v) is 3.93. The minimum absolute atomic E-state index is 0.0136. The Balaban J connectivity index is 1.91. The summed E-state index contributed by atoms with van der Waals surface area (Å²) in [5, 5.41) is 11.6. The molecular weight excluding hydrogens is 414 g/mol. The van der Waals surface area contributed by atoms with Crippen molar-refractivity contribution in [1.29, 1.82) is 0 Å². The minimum atomic E-state index is -0.904. The number of carbonyl (C=O) groups excluding carboxylic acids is 2. The summed E-state index contributed by atoms with van der Waals surface area (Å²) in [5.41, 5.74) is 2.86. The van der Waals surface area contributed by atoms with Crippen molar-refractivity contribution in [3.05, 3.63) is 93.4 Å². The van der Waals surface area contributed by atoms with Crippen LogP contribution in [0.3, 0.4) is 0 Å². The molecule has 1 saturated heterocycles. The first-order valence-electron chi connectivity index (χ1n) is 10.0. The molecule has 31 heavy (non-hydrogen) atoms. The number of ketones is 1. The van der Waals surface area contributed by atoms with Gasteiger partial charge in [-0.3, -0.25) is 14.5 Å². The quantitative estimate of drug-likeness (QED) is 0.322. The molecule has 0 radical (unpaired) electrons. The maximum Gasteiger partial charge on any atom is 0.300 e. The Kier molecular flexibility index (Phi) is 5.46. The maximum atomic E-state index is 13.1. The molecule has 4 rings (SSSR count). The second-order valence-electron chi connectivity index (χ2n) is 7.60. The van der Waals surface area contributed by atoms with Gasteiger partial charge in [0.05, 0.1) is 5.57 Å². The number of rotatable bonds is 4. The predicted molar refractivity (Wildman–Crippen MR) is 120 cm³/mol. The summed E-state index contributed by atoms with van der Waals surface area (Å²) >= 11 is 6.29. The SMILES string of the molecule is CCc1ccc(/C(O)=C2/C(=O)C(=O)N(c3ccc(C)c(Cl)c3)C2c2ccc(C)o2)cc1. The zero-order chi connectivity index (χ0) is 22.3. The zero-order valence-electron chi connectivity index (χ0n) is 17.5. The third kappa shape index (κ3) is 3.66. The Hall–Kier alpha value is -3.31. The van der Waals surface area contributed by atoms with Gasteiger partial charge in [-0.25, -0.2) is 0 Å². The van der Waals surface area contributed by atoms with E-state index in [0.29, 0.717) is 27.8 Å². The summed E-state index contributed by atoms with van der Waals surface area (Å²) in [4.78, 5) is 27.5. The van der Waals surface area contributed by atoms with Crippen LogP contribution in [-0.2, 0) is 16.0 Å². The van der Waals surface area contributed by atoms with E-state index in [1.165, 1.54) is 4.90 Å². The van der Waals surface area contributed by atoms with E-state index >= 15 is 0 Å². The smallest absolute Gasteiger partial charge is 0.300 e. The number of nitrogens with zero attached hydrogens (tertiary/aromatic N) is 1. The normalized spacial score (nSPS) is 18.1. The van der Waals surface area contributed by atoms with E-state index in [2.05, 4.69) is 0 Å². The molecule has 3 aromatic rings. The van der Waals surface area contributed by atoms with Gasteiger partial charge in [0.15, 0.2) is 0 Å². The first kappa shape index (κ1) is 20.9. The van der Waals surface area contributed by atoms with E-state index in [0.717, 1.165) is 17.5 Å². The number of anilines is 1. The lowest BCUT2D eigenvalue weighted by Crippen LogP contribution is -2.29. The molecule has 1 fully saturated rings. The molecule has 1 aliphatic heterocycles. The van der Waals surface area contributed by atoms with Crippen LogP contribution in [0.5, 0.6) is 0 Å². The highest BCUT2D eigenvalue weighted by Crippen LogP contribution is 2.43. The van der Waals surface area contributed by atoms with Crippen molar-refractivity contribution in [2.24, 2.45) is 0 Å². The van der Waals surface area contributed by atoms with Crippen LogP contribution in [0, 0.1) is 13.8 Å². The number of aliphatic hydroxyl groups excluding tert-OH is 1. The Bertz CT molecular complexity index is 1210. The summed E-state index contributed by atoms with van der Waals surface area (Å²) in [5.74, 6) is -0.728. The lowest BCUT2D eigenvalue weighted by molar-refractivity contribution is -0.132. The first-order valence-corrected chi connectivity index (χ1v) is 10.4. The van der Waals surface area contributed by atoms with Gasteiger partial charge in [-0.2, -0.15) is 0 Å². The molecule has 2 aromatic carbocycles. The molecule has 0 bridgehead atoms. The summed E-state index contributed by atoms with van der Waals surface area (Å²) in [6.45, 7) is 5.67. The molecule has 6 heteroatoms. The van der Waals surface area contributed by atoms with Crippen molar-refractivity contribution < 1.29 is 19.1 Å². The van der Waals surface area contributed by atoms with Crippen LogP contribution >= 0.6 is 11.6 Å². The fourth-order valence-electron chi connectivity index (χ4n) is 3.75. The van der Waals surface area contributed by atoms with Gasteiger partial charge in [-0.05, 0) is 55.7 Å². The molecule has 0 spiro atoms. The molecule has 5 nitrogen and oxygen atoms in total. The molecule has 158 valence electrons. The van der Waals surface area contributed by atoms with Crippen molar-refractivity contribution in [3.8, 4) is 0 Å². The van der Waals surface area contributed by atoms with E-state index in [-0.39, 0.29) is 11.3 Å². The second-order valence-corrected chi connectivity index (χ2v) is 8.01. The predicted octanol–water partition coefficient (Wildman–Crippen LogP) is 5.74. The summed E-state index contributed by atoms with van der Waals surface area (Å²) in [6, 6.07) is 15.0. The van der Waals surface area contributed by atoms with Gasteiger partial charge in [0.1, 0.15) is 23.3 Å². The molecule has 1 atom stereocenters. The van der Waals surface area contributed by atoms with E-state index < -0.39 is 17.7 Å². The number of carbonyl (C=O) groups is 2. The molecule has 0 aliphatic carbocycles. The lowest BCUT2D eigenvalue weighted by Gasteiger charge is -2.24. The van der Waals surface area contributed by atoms with Gasteiger partial charge < -0.3 is 9.52 Å². The van der Waals surface area contributed by atoms with Crippen LogP contribution in [0.2, 0.25) is 5.02 Å². The van der Waals surface area contributed by atoms with E-state index in [1.54, 1.807) is 49.4 Å². The monoisotopic (exact) mass is 435 g/mol. The third-order valence-corrected chi connectivity index (χ3v) is 5.95. The average Bonchev–Trinajstić information content (AvgIpc) is 3.31. The molecule has 1 aliphatic rings. The molecule has 1 amide bonds. The van der Waals surface area contributed by atoms with E-state index in [1.807, 2.05) is 26.0 Å². The van der Waals surface area contributed by atoms with Crippen LogP contribution in [0.4, 0.5) is 5.69 Å². The van der Waals surface area contributed by atoms with Crippen molar-refractivity contribution >= 4 is 34.7 Å². The first-order chi connectivity index (χ1) is 14.8. The number of hydrogen-bond donors (Lipinski definition) is 1. The standard InChI is InChI=1S/C25H22ClNO4/c1-4-16-7-9-17(10-8-16)23(28)21-22(20-12-6-15(3)31-20)27(25(30)24(21)29)18-11-5-14(2)19(26)13-18/h5-13,22,28H,4H2,1-3H3/b23-21-. The summed E-state index contributed by atoms with van der Waals surface area (Å²) in [6.07, 6.45) is 0.852. The average molecular weight is 436 g/mol. The molecule has 1 unspecified atom stereocenters. The van der Waals surface area contributed by atoms with Crippen molar-refractivity contribution in [2.75, 3.05) is 4.90 Å². The molecule has 2 heterocycles. The molecular formula is C25H22ClNO4. The Morgan fingerprint density at radius 1 is 1.06 bits per heavy atom. The number of amides is 1. The molecule has 1 N–H and O–H groups in total. The third-order valence-electron chi connectivity index (χ3n) is 5.54. The molecule has 1 aromatic heterocycles. The van der Waals surface area contributed by atoms with E-state index in [9.17, 15) is 14.7 Å². The zero-order valence-corrected chi connectivity index (χ0v) is 18.2. The maximum absolute atomic E-state index is 13.1. The van der Waals surface area contributed by atoms with Gasteiger partial charge in [-0.1, -0.05) is 48.9 Å². The van der Waals surface area contributed by atoms with Crippen LogP contribution in [0.1, 0.15) is 41.2 Å². The number of furan rings is 1. The highest BCUT2D eigenvalue weighted by Gasteiger charge is 2.48. The van der Waals surface area contributed by atoms with Crippen LogP contribution in [0.15, 0.2) is 64.6 Å². The number of benzene rings is 2. The molecule has 0 saturated carbocycles. The number of Topliss-reactive ketones (excluding diaryl/α,β-unsaturated/α-hetero) is 1. The van der Waals surface area contributed by atoms with Gasteiger partial charge in [0.25, 0.3) is 11.7 Å². The topological polar surface area (TPSA) is 70.8 Å². The Morgan fingerprint density at radius 2 is 1.77 bits per heavy atom. The van der Waals surface area contributed by atoms with E-state index in [4.69, 9.17) is 16.0 Å². The van der Waals surface area contributed by atoms with Crippen molar-refractivity contribution in [2.45, 2.75) is 33.2 Å².